The highest BCUT2D eigenvalue weighted by Crippen LogP contribution is 2.20. The average Bonchev–Trinajstić information content (AvgIpc) is 2.13. The molecule has 4 heteroatoms. The second-order valence-electron chi connectivity index (χ2n) is 3.38. The molecule has 0 aliphatic heterocycles. The summed E-state index contributed by atoms with van der Waals surface area (Å²) >= 11 is 5.33. The van der Waals surface area contributed by atoms with E-state index in [1.165, 1.54) is 6.26 Å². The van der Waals surface area contributed by atoms with E-state index in [-0.39, 0.29) is 6.61 Å². The monoisotopic (exact) mass is 232 g/mol. The molecule has 0 aromatic heterocycles. The Balaban J connectivity index is 2.75. The molecule has 0 aliphatic carbocycles. The van der Waals surface area contributed by atoms with Crippen molar-refractivity contribution in [2.45, 2.75) is 20.5 Å². The molecule has 0 spiro atoms. The minimum absolute atomic E-state index is 0.121. The van der Waals surface area contributed by atoms with Crippen LogP contribution in [-0.2, 0) is 11.3 Å². The first kappa shape index (κ1) is 12.0. The van der Waals surface area contributed by atoms with Crippen LogP contribution >= 0.6 is 11.6 Å². The van der Waals surface area contributed by atoms with E-state index < -0.39 is 16.7 Å². The molecule has 0 saturated heterocycles. The lowest BCUT2D eigenvalue weighted by molar-refractivity contribution is 0.232. The van der Waals surface area contributed by atoms with Gasteiger partial charge in [0.1, 0.15) is 23.3 Å². The van der Waals surface area contributed by atoms with E-state index in [1.807, 2.05) is 13.8 Å². The normalized spacial score (nSPS) is 9.93. The molecule has 1 rings (SSSR count). The van der Waals surface area contributed by atoms with Gasteiger partial charge >= 0.3 is 0 Å². The molecule has 0 saturated carbocycles. The van der Waals surface area contributed by atoms with Crippen LogP contribution in [0.2, 0.25) is 5.02 Å². The van der Waals surface area contributed by atoms with Gasteiger partial charge in [-0.2, -0.15) is 0 Å². The van der Waals surface area contributed by atoms with Crippen LogP contribution in [-0.4, -0.2) is 0 Å². The molecule has 1 aromatic carbocycles. The smallest absolute Gasteiger partial charge is 0.145 e. The van der Waals surface area contributed by atoms with Crippen molar-refractivity contribution in [1.29, 1.82) is 0 Å². The van der Waals surface area contributed by atoms with Crippen molar-refractivity contribution < 1.29 is 13.5 Å². The minimum Gasteiger partial charge on any atom is -0.497 e. The van der Waals surface area contributed by atoms with E-state index >= 15 is 0 Å². The van der Waals surface area contributed by atoms with Crippen LogP contribution in [0.25, 0.3) is 0 Å². The van der Waals surface area contributed by atoms with Crippen LogP contribution in [0.4, 0.5) is 8.78 Å². The number of hydrogen-bond acceptors (Lipinski definition) is 1. The van der Waals surface area contributed by atoms with Crippen LogP contribution in [0.3, 0.4) is 0 Å². The van der Waals surface area contributed by atoms with Crippen molar-refractivity contribution in [3.8, 4) is 0 Å². The first-order chi connectivity index (χ1) is 7.00. The Morgan fingerprint density at radius 3 is 2.33 bits per heavy atom. The molecule has 15 heavy (non-hydrogen) atoms. The predicted molar refractivity (Wildman–Crippen MR) is 55.6 cm³/mol. The minimum atomic E-state index is -0.771. The van der Waals surface area contributed by atoms with Gasteiger partial charge in [-0.15, -0.1) is 0 Å². The van der Waals surface area contributed by atoms with E-state index in [1.54, 1.807) is 0 Å². The molecule has 0 fully saturated rings. The van der Waals surface area contributed by atoms with Gasteiger partial charge in [0.15, 0.2) is 0 Å². The molecule has 0 radical (unpaired) electrons. The summed E-state index contributed by atoms with van der Waals surface area (Å²) in [6.07, 6.45) is 1.53. The van der Waals surface area contributed by atoms with Crippen LogP contribution in [0.5, 0.6) is 0 Å². The molecule has 1 nitrogen and oxygen atoms in total. The number of halogens is 3. The van der Waals surface area contributed by atoms with Gasteiger partial charge in [-0.1, -0.05) is 11.6 Å². The van der Waals surface area contributed by atoms with Crippen LogP contribution in [0.15, 0.2) is 24.0 Å². The number of ether oxygens (including phenoxy) is 1. The first-order valence-corrected chi connectivity index (χ1v) is 4.77. The third-order valence-corrected chi connectivity index (χ3v) is 1.97. The van der Waals surface area contributed by atoms with E-state index in [4.69, 9.17) is 16.3 Å². The van der Waals surface area contributed by atoms with Crippen molar-refractivity contribution >= 4 is 11.6 Å². The Bertz CT molecular complexity index is 361. The Morgan fingerprint density at radius 2 is 1.87 bits per heavy atom. The molecular formula is C11H11ClF2O. The van der Waals surface area contributed by atoms with Crippen molar-refractivity contribution in [3.63, 3.8) is 0 Å². The van der Waals surface area contributed by atoms with E-state index in [0.717, 1.165) is 17.7 Å². The Labute approximate surface area is 92.3 Å². The van der Waals surface area contributed by atoms with Crippen molar-refractivity contribution in [2.24, 2.45) is 0 Å². The molecule has 0 amide bonds. The van der Waals surface area contributed by atoms with Gasteiger partial charge in [0.2, 0.25) is 0 Å². The molecular weight excluding hydrogens is 222 g/mol. The van der Waals surface area contributed by atoms with Crippen molar-refractivity contribution in [1.82, 2.24) is 0 Å². The zero-order valence-electron chi connectivity index (χ0n) is 8.48. The predicted octanol–water partition coefficient (Wildman–Crippen LogP) is 4.06. The van der Waals surface area contributed by atoms with Gasteiger partial charge in [-0.05, 0) is 37.1 Å². The molecule has 0 aliphatic rings. The summed E-state index contributed by atoms with van der Waals surface area (Å²) in [5.41, 5.74) is 1.39. The summed E-state index contributed by atoms with van der Waals surface area (Å²) in [5, 5.41) is -0.485. The Hall–Kier alpha value is -1.09. The van der Waals surface area contributed by atoms with Gasteiger partial charge in [0.05, 0.1) is 6.26 Å². The fourth-order valence-corrected chi connectivity index (χ4v) is 1.11. The third kappa shape index (κ3) is 3.51. The Morgan fingerprint density at radius 1 is 1.33 bits per heavy atom. The van der Waals surface area contributed by atoms with Crippen molar-refractivity contribution in [2.75, 3.05) is 0 Å². The summed E-state index contributed by atoms with van der Waals surface area (Å²) in [5.74, 6) is -1.54. The van der Waals surface area contributed by atoms with Gasteiger partial charge < -0.3 is 4.74 Å². The molecule has 1 aromatic rings. The summed E-state index contributed by atoms with van der Waals surface area (Å²) in [6, 6.07) is 2.31. The second kappa shape index (κ2) is 5.12. The van der Waals surface area contributed by atoms with Crippen LogP contribution in [0.1, 0.15) is 19.4 Å². The largest absolute Gasteiger partial charge is 0.497 e. The molecule has 0 atom stereocenters. The maximum absolute atomic E-state index is 13.0. The van der Waals surface area contributed by atoms with Crippen molar-refractivity contribution in [3.05, 3.63) is 46.2 Å². The molecule has 0 unspecified atom stereocenters. The summed E-state index contributed by atoms with van der Waals surface area (Å²) < 4.78 is 31.1. The van der Waals surface area contributed by atoms with Crippen LogP contribution < -0.4 is 0 Å². The average molecular weight is 233 g/mol. The number of hydrogen-bond donors (Lipinski definition) is 0. The Kier molecular flexibility index (Phi) is 4.09. The maximum Gasteiger partial charge on any atom is 0.145 e. The number of benzene rings is 1. The fourth-order valence-electron chi connectivity index (χ4n) is 0.996. The van der Waals surface area contributed by atoms with E-state index in [2.05, 4.69) is 0 Å². The lowest BCUT2D eigenvalue weighted by Crippen LogP contribution is -1.92. The quantitative estimate of drug-likeness (QED) is 0.564. The topological polar surface area (TPSA) is 9.23 Å². The number of rotatable bonds is 3. The highest BCUT2D eigenvalue weighted by molar-refractivity contribution is 6.30. The van der Waals surface area contributed by atoms with Crippen LogP contribution in [0, 0.1) is 11.6 Å². The maximum atomic E-state index is 13.0. The SMILES string of the molecule is CC(C)=COCc1cc(F)c(Cl)c(F)c1. The second-order valence-corrected chi connectivity index (χ2v) is 3.76. The lowest BCUT2D eigenvalue weighted by atomic mass is 10.2. The van der Waals surface area contributed by atoms with Gasteiger partial charge in [0.25, 0.3) is 0 Å². The molecule has 0 N–H and O–H groups in total. The first-order valence-electron chi connectivity index (χ1n) is 4.39. The van der Waals surface area contributed by atoms with Gasteiger partial charge in [0, 0.05) is 0 Å². The zero-order valence-corrected chi connectivity index (χ0v) is 9.24. The summed E-state index contributed by atoms with van der Waals surface area (Å²) in [6.45, 7) is 3.85. The summed E-state index contributed by atoms with van der Waals surface area (Å²) in [4.78, 5) is 0. The van der Waals surface area contributed by atoms with Gasteiger partial charge in [-0.25, -0.2) is 8.78 Å². The summed E-state index contributed by atoms with van der Waals surface area (Å²) in [7, 11) is 0. The van der Waals surface area contributed by atoms with Gasteiger partial charge in [-0.3, -0.25) is 0 Å². The molecule has 82 valence electrons. The molecule has 0 bridgehead atoms. The van der Waals surface area contributed by atoms with E-state index in [0.29, 0.717) is 5.56 Å². The fraction of sp³-hybridized carbons (Fsp3) is 0.273. The molecule has 0 heterocycles. The van der Waals surface area contributed by atoms with E-state index in [9.17, 15) is 8.78 Å². The number of allylic oxidation sites excluding steroid dienone is 1. The highest BCUT2D eigenvalue weighted by atomic mass is 35.5. The highest BCUT2D eigenvalue weighted by Gasteiger charge is 2.08. The third-order valence-electron chi connectivity index (χ3n) is 1.61. The lowest BCUT2D eigenvalue weighted by Gasteiger charge is -2.04. The zero-order chi connectivity index (χ0) is 11.4. The standard InChI is InChI=1S/C11H11ClF2O/c1-7(2)5-15-6-8-3-9(13)11(12)10(14)4-8/h3-5H,6H2,1-2H3.